The Labute approximate surface area is 117 Å². The van der Waals surface area contributed by atoms with Crippen LogP contribution in [0.4, 0.5) is 11.4 Å². The Morgan fingerprint density at radius 2 is 2.35 bits per heavy atom. The molecule has 6 nitrogen and oxygen atoms in total. The second kappa shape index (κ2) is 6.27. The molecule has 0 aliphatic carbocycles. The van der Waals surface area contributed by atoms with Crippen LogP contribution in [-0.2, 0) is 9.53 Å². The summed E-state index contributed by atoms with van der Waals surface area (Å²) < 4.78 is 5.03. The molecule has 1 aromatic carbocycles. The van der Waals surface area contributed by atoms with Crippen molar-refractivity contribution >= 4 is 23.3 Å². The van der Waals surface area contributed by atoms with E-state index in [-0.39, 0.29) is 11.9 Å². The summed E-state index contributed by atoms with van der Waals surface area (Å²) in [5, 5.41) is 6.06. The Balaban J connectivity index is 2.14. The molecule has 1 fully saturated rings. The number of carbonyl (C=O) groups excluding carboxylic acids is 2. The number of nitrogens with one attached hydrogen (secondary N) is 2. The number of hydrogen-bond donors (Lipinski definition) is 3. The molecule has 1 unspecified atom stereocenters. The minimum Gasteiger partial charge on any atom is -0.462 e. The van der Waals surface area contributed by atoms with E-state index < -0.39 is 5.97 Å². The molecule has 1 aliphatic rings. The van der Waals surface area contributed by atoms with Gasteiger partial charge in [0.05, 0.1) is 12.2 Å². The fraction of sp³-hybridized carbons (Fsp3) is 0.429. The Morgan fingerprint density at radius 3 is 3.00 bits per heavy atom. The van der Waals surface area contributed by atoms with Gasteiger partial charge in [-0.15, -0.1) is 0 Å². The Kier molecular flexibility index (Phi) is 4.45. The number of nitrogens with two attached hydrogens (primary N) is 1. The van der Waals surface area contributed by atoms with Crippen LogP contribution in [0.1, 0.15) is 30.1 Å². The molecule has 1 aromatic rings. The smallest absolute Gasteiger partial charge is 0.340 e. The van der Waals surface area contributed by atoms with Gasteiger partial charge in [-0.2, -0.15) is 0 Å². The van der Waals surface area contributed by atoms with E-state index in [1.807, 2.05) is 0 Å². The summed E-state index contributed by atoms with van der Waals surface area (Å²) in [7, 11) is 0. The van der Waals surface area contributed by atoms with E-state index in [9.17, 15) is 9.59 Å². The highest BCUT2D eigenvalue weighted by molar-refractivity contribution is 5.96. The standard InChI is InChI=1S/C14H19N3O3/c1-2-20-14(19)11-7-9(15)3-5-12(11)17-10-4-6-13(18)16-8-10/h3,5,7,10,17H,2,4,6,8,15H2,1H3,(H,16,18). The van der Waals surface area contributed by atoms with Crippen LogP contribution in [0, 0.1) is 0 Å². The zero-order valence-electron chi connectivity index (χ0n) is 11.4. The first-order valence-corrected chi connectivity index (χ1v) is 6.70. The zero-order chi connectivity index (χ0) is 14.5. The topological polar surface area (TPSA) is 93.4 Å². The molecule has 2 rings (SSSR count). The lowest BCUT2D eigenvalue weighted by Crippen LogP contribution is -2.42. The van der Waals surface area contributed by atoms with Crippen LogP contribution in [0.25, 0.3) is 0 Å². The molecular formula is C14H19N3O3. The third-order valence-corrected chi connectivity index (χ3v) is 3.16. The van der Waals surface area contributed by atoms with Gasteiger partial charge < -0.3 is 21.1 Å². The fourth-order valence-corrected chi connectivity index (χ4v) is 2.14. The van der Waals surface area contributed by atoms with E-state index in [1.54, 1.807) is 25.1 Å². The Morgan fingerprint density at radius 1 is 1.55 bits per heavy atom. The lowest BCUT2D eigenvalue weighted by atomic mass is 10.1. The summed E-state index contributed by atoms with van der Waals surface area (Å²) in [4.78, 5) is 23.1. The van der Waals surface area contributed by atoms with Gasteiger partial charge in [-0.3, -0.25) is 4.79 Å². The number of carbonyl (C=O) groups is 2. The first kappa shape index (κ1) is 14.2. The molecule has 0 saturated carbocycles. The molecule has 1 heterocycles. The van der Waals surface area contributed by atoms with Gasteiger partial charge in [0.15, 0.2) is 0 Å². The predicted octanol–water partition coefficient (Wildman–Crippen LogP) is 1.14. The largest absolute Gasteiger partial charge is 0.462 e. The van der Waals surface area contributed by atoms with Crippen molar-refractivity contribution in [1.29, 1.82) is 0 Å². The van der Waals surface area contributed by atoms with Crippen molar-refractivity contribution in [2.75, 3.05) is 24.2 Å². The van der Waals surface area contributed by atoms with E-state index in [0.717, 1.165) is 6.42 Å². The lowest BCUT2D eigenvalue weighted by molar-refractivity contribution is -0.122. The summed E-state index contributed by atoms with van der Waals surface area (Å²) in [6.07, 6.45) is 1.22. The molecule has 0 aromatic heterocycles. The van der Waals surface area contributed by atoms with Crippen molar-refractivity contribution in [2.45, 2.75) is 25.8 Å². The molecule has 1 atom stereocenters. The number of amides is 1. The highest BCUT2D eigenvalue weighted by Crippen LogP contribution is 2.22. The van der Waals surface area contributed by atoms with Gasteiger partial charge in [-0.05, 0) is 31.5 Å². The number of nitrogen functional groups attached to an aromatic ring is 1. The number of piperidine rings is 1. The molecule has 1 amide bonds. The molecule has 4 N–H and O–H groups in total. The quantitative estimate of drug-likeness (QED) is 0.567. The van der Waals surface area contributed by atoms with E-state index in [0.29, 0.717) is 36.5 Å². The third kappa shape index (κ3) is 3.40. The highest BCUT2D eigenvalue weighted by atomic mass is 16.5. The summed E-state index contributed by atoms with van der Waals surface area (Å²) in [5.41, 5.74) is 7.33. The van der Waals surface area contributed by atoms with Gasteiger partial charge in [0.1, 0.15) is 0 Å². The number of esters is 1. The van der Waals surface area contributed by atoms with Crippen LogP contribution in [0.2, 0.25) is 0 Å². The average Bonchev–Trinajstić information content (AvgIpc) is 2.43. The van der Waals surface area contributed by atoms with E-state index in [4.69, 9.17) is 10.5 Å². The maximum Gasteiger partial charge on any atom is 0.340 e. The van der Waals surface area contributed by atoms with Crippen LogP contribution < -0.4 is 16.4 Å². The zero-order valence-corrected chi connectivity index (χ0v) is 11.4. The summed E-state index contributed by atoms with van der Waals surface area (Å²) >= 11 is 0. The SMILES string of the molecule is CCOC(=O)c1cc(N)ccc1NC1CCC(=O)NC1. The van der Waals surface area contributed by atoms with Crippen molar-refractivity contribution < 1.29 is 14.3 Å². The minimum absolute atomic E-state index is 0.0611. The molecular weight excluding hydrogens is 258 g/mol. The van der Waals surface area contributed by atoms with Gasteiger partial charge in [-0.25, -0.2) is 4.79 Å². The Hall–Kier alpha value is -2.24. The second-order valence-corrected chi connectivity index (χ2v) is 4.71. The van der Waals surface area contributed by atoms with Crippen molar-refractivity contribution in [1.82, 2.24) is 5.32 Å². The van der Waals surface area contributed by atoms with Crippen molar-refractivity contribution in [3.05, 3.63) is 23.8 Å². The van der Waals surface area contributed by atoms with Crippen LogP contribution in [0.3, 0.4) is 0 Å². The highest BCUT2D eigenvalue weighted by Gasteiger charge is 2.20. The average molecular weight is 277 g/mol. The van der Waals surface area contributed by atoms with E-state index >= 15 is 0 Å². The van der Waals surface area contributed by atoms with Crippen molar-refractivity contribution in [3.8, 4) is 0 Å². The van der Waals surface area contributed by atoms with Gasteiger partial charge in [0.2, 0.25) is 5.91 Å². The molecule has 0 radical (unpaired) electrons. The summed E-state index contributed by atoms with van der Waals surface area (Å²) in [6, 6.07) is 5.19. The molecule has 1 saturated heterocycles. The minimum atomic E-state index is -0.401. The number of anilines is 2. The Bertz CT molecular complexity index is 506. The van der Waals surface area contributed by atoms with E-state index in [1.165, 1.54) is 0 Å². The van der Waals surface area contributed by atoms with Crippen molar-refractivity contribution in [2.24, 2.45) is 0 Å². The van der Waals surface area contributed by atoms with Gasteiger partial charge in [0.25, 0.3) is 0 Å². The molecule has 20 heavy (non-hydrogen) atoms. The number of benzene rings is 1. The normalized spacial score (nSPS) is 18.2. The molecule has 6 heteroatoms. The first-order chi connectivity index (χ1) is 9.60. The van der Waals surface area contributed by atoms with Gasteiger partial charge in [0, 0.05) is 30.4 Å². The number of rotatable bonds is 4. The van der Waals surface area contributed by atoms with Crippen LogP contribution >= 0.6 is 0 Å². The summed E-state index contributed by atoms with van der Waals surface area (Å²) in [5.74, 6) is -0.340. The third-order valence-electron chi connectivity index (χ3n) is 3.16. The lowest BCUT2D eigenvalue weighted by Gasteiger charge is -2.25. The fourth-order valence-electron chi connectivity index (χ4n) is 2.14. The number of ether oxygens (including phenoxy) is 1. The van der Waals surface area contributed by atoms with E-state index in [2.05, 4.69) is 10.6 Å². The maximum atomic E-state index is 11.9. The maximum absolute atomic E-state index is 11.9. The van der Waals surface area contributed by atoms with Crippen LogP contribution in [-0.4, -0.2) is 31.1 Å². The number of hydrogen-bond acceptors (Lipinski definition) is 5. The monoisotopic (exact) mass is 277 g/mol. The van der Waals surface area contributed by atoms with Gasteiger partial charge >= 0.3 is 5.97 Å². The van der Waals surface area contributed by atoms with Crippen molar-refractivity contribution in [3.63, 3.8) is 0 Å². The van der Waals surface area contributed by atoms with Crippen LogP contribution in [0.5, 0.6) is 0 Å². The molecule has 0 spiro atoms. The van der Waals surface area contributed by atoms with Crippen LogP contribution in [0.15, 0.2) is 18.2 Å². The van der Waals surface area contributed by atoms with Gasteiger partial charge in [-0.1, -0.05) is 0 Å². The summed E-state index contributed by atoms with van der Waals surface area (Å²) in [6.45, 7) is 2.62. The second-order valence-electron chi connectivity index (χ2n) is 4.71. The predicted molar refractivity (Wildman–Crippen MR) is 76.5 cm³/mol. The molecule has 0 bridgehead atoms. The first-order valence-electron chi connectivity index (χ1n) is 6.70. The molecule has 108 valence electrons. The molecule has 1 aliphatic heterocycles.